The Hall–Kier alpha value is -1.65. The first kappa shape index (κ1) is 18.4. The molecule has 0 radical (unpaired) electrons. The SMILES string of the molecule is COC(=O)CCC(O)=C1C(=O)CC(C)(C)CC1=NC(C)(C)C. The van der Waals surface area contributed by atoms with Crippen LogP contribution in [-0.2, 0) is 14.3 Å². The van der Waals surface area contributed by atoms with E-state index < -0.39 is 5.97 Å². The van der Waals surface area contributed by atoms with Crippen molar-refractivity contribution < 1.29 is 19.4 Å². The van der Waals surface area contributed by atoms with Crippen molar-refractivity contribution in [2.75, 3.05) is 7.11 Å². The number of ether oxygens (including phenoxy) is 1. The number of carbonyl (C=O) groups is 2. The molecule has 0 spiro atoms. The highest BCUT2D eigenvalue weighted by atomic mass is 16.5. The van der Waals surface area contributed by atoms with E-state index in [1.165, 1.54) is 7.11 Å². The molecule has 0 unspecified atom stereocenters. The van der Waals surface area contributed by atoms with E-state index in [1.54, 1.807) is 0 Å². The van der Waals surface area contributed by atoms with Gasteiger partial charge < -0.3 is 9.84 Å². The maximum absolute atomic E-state index is 12.4. The highest BCUT2D eigenvalue weighted by Gasteiger charge is 2.36. The molecule has 5 nitrogen and oxygen atoms in total. The van der Waals surface area contributed by atoms with Crippen LogP contribution in [0, 0.1) is 5.41 Å². The fourth-order valence-corrected chi connectivity index (χ4v) is 2.56. The summed E-state index contributed by atoms with van der Waals surface area (Å²) in [4.78, 5) is 28.3. The van der Waals surface area contributed by atoms with Crippen molar-refractivity contribution >= 4 is 17.5 Å². The average molecular weight is 309 g/mol. The molecule has 1 aliphatic rings. The number of carbonyl (C=O) groups excluding carboxylic acids is 2. The van der Waals surface area contributed by atoms with Gasteiger partial charge in [0.2, 0.25) is 0 Å². The van der Waals surface area contributed by atoms with Crippen LogP contribution in [0.4, 0.5) is 0 Å². The molecule has 0 aromatic heterocycles. The summed E-state index contributed by atoms with van der Waals surface area (Å²) in [5.41, 5.74) is 0.416. The topological polar surface area (TPSA) is 76.0 Å². The van der Waals surface area contributed by atoms with Gasteiger partial charge in [-0.15, -0.1) is 0 Å². The van der Waals surface area contributed by atoms with Crippen molar-refractivity contribution in [2.24, 2.45) is 10.4 Å². The average Bonchev–Trinajstić information content (AvgIpc) is 2.31. The third-order valence-corrected chi connectivity index (χ3v) is 3.41. The van der Waals surface area contributed by atoms with Gasteiger partial charge >= 0.3 is 5.97 Å². The second-order valence-electron chi connectivity index (χ2n) is 7.57. The molecule has 1 rings (SSSR count). The molecule has 1 aliphatic carbocycles. The number of rotatable bonds is 3. The molecule has 0 heterocycles. The summed E-state index contributed by atoms with van der Waals surface area (Å²) in [6, 6.07) is 0. The highest BCUT2D eigenvalue weighted by molar-refractivity contribution is 6.24. The van der Waals surface area contributed by atoms with Gasteiger partial charge in [-0.05, 0) is 32.6 Å². The standard InChI is InChI=1S/C17H27NO4/c1-16(2,3)18-11-9-17(4,5)10-13(20)15(11)12(19)7-8-14(21)22-6/h19H,7-10H2,1-6H3. The normalized spacial score (nSPS) is 22.6. The van der Waals surface area contributed by atoms with Gasteiger partial charge in [0.05, 0.1) is 30.4 Å². The van der Waals surface area contributed by atoms with Gasteiger partial charge in [-0.1, -0.05) is 13.8 Å². The van der Waals surface area contributed by atoms with Crippen LogP contribution >= 0.6 is 0 Å². The summed E-state index contributed by atoms with van der Waals surface area (Å²) in [7, 11) is 1.30. The zero-order valence-corrected chi connectivity index (χ0v) is 14.4. The van der Waals surface area contributed by atoms with E-state index in [-0.39, 0.29) is 40.9 Å². The predicted molar refractivity (Wildman–Crippen MR) is 86.1 cm³/mol. The molecule has 0 aromatic carbocycles. The molecule has 0 amide bonds. The number of aliphatic hydroxyl groups excluding tert-OH is 1. The lowest BCUT2D eigenvalue weighted by molar-refractivity contribution is -0.140. The summed E-state index contributed by atoms with van der Waals surface area (Å²) in [5, 5.41) is 10.3. The zero-order valence-electron chi connectivity index (χ0n) is 14.4. The fraction of sp³-hybridized carbons (Fsp3) is 0.706. The summed E-state index contributed by atoms with van der Waals surface area (Å²) in [6.45, 7) is 9.90. The Kier molecular flexibility index (Phi) is 5.54. The zero-order chi connectivity index (χ0) is 17.1. The summed E-state index contributed by atoms with van der Waals surface area (Å²) in [6.07, 6.45) is 1.14. The molecule has 5 heteroatoms. The molecule has 1 fully saturated rings. The lowest BCUT2D eigenvalue weighted by Gasteiger charge is -2.32. The van der Waals surface area contributed by atoms with Crippen LogP contribution in [0.3, 0.4) is 0 Å². The van der Waals surface area contributed by atoms with E-state index in [1.807, 2.05) is 34.6 Å². The molecule has 0 aliphatic heterocycles. The van der Waals surface area contributed by atoms with E-state index in [9.17, 15) is 14.7 Å². The number of hydrogen-bond donors (Lipinski definition) is 1. The molecular weight excluding hydrogens is 282 g/mol. The Bertz CT molecular complexity index is 521. The number of Topliss-reactive ketones (excluding diaryl/α,β-unsaturated/α-hetero) is 1. The number of aliphatic imine (C=N–C) groups is 1. The molecule has 0 atom stereocenters. The number of ketones is 1. The van der Waals surface area contributed by atoms with Crippen molar-refractivity contribution in [3.63, 3.8) is 0 Å². The first-order chi connectivity index (χ1) is 9.95. The van der Waals surface area contributed by atoms with Crippen molar-refractivity contribution in [2.45, 2.75) is 65.8 Å². The Labute approximate surface area is 132 Å². The number of hydrogen-bond acceptors (Lipinski definition) is 5. The van der Waals surface area contributed by atoms with Crippen molar-refractivity contribution in [1.29, 1.82) is 0 Å². The Morgan fingerprint density at radius 2 is 1.86 bits per heavy atom. The first-order valence-electron chi connectivity index (χ1n) is 7.56. The second-order valence-corrected chi connectivity index (χ2v) is 7.57. The van der Waals surface area contributed by atoms with E-state index in [2.05, 4.69) is 9.73 Å². The van der Waals surface area contributed by atoms with Gasteiger partial charge in [-0.25, -0.2) is 0 Å². The minimum Gasteiger partial charge on any atom is -0.511 e. The number of methoxy groups -OCH3 is 1. The summed E-state index contributed by atoms with van der Waals surface area (Å²) < 4.78 is 4.57. The molecule has 1 saturated carbocycles. The van der Waals surface area contributed by atoms with E-state index in [4.69, 9.17) is 0 Å². The van der Waals surface area contributed by atoms with Crippen LogP contribution in [0.2, 0.25) is 0 Å². The van der Waals surface area contributed by atoms with Crippen LogP contribution in [0.15, 0.2) is 16.3 Å². The van der Waals surface area contributed by atoms with Crippen LogP contribution in [0.25, 0.3) is 0 Å². The van der Waals surface area contributed by atoms with Gasteiger partial charge in [0.1, 0.15) is 5.76 Å². The van der Waals surface area contributed by atoms with Gasteiger partial charge in [-0.3, -0.25) is 14.6 Å². The van der Waals surface area contributed by atoms with Crippen LogP contribution in [0.5, 0.6) is 0 Å². The third kappa shape index (κ3) is 5.28. The first-order valence-corrected chi connectivity index (χ1v) is 7.56. The van der Waals surface area contributed by atoms with E-state index in [0.717, 1.165) is 0 Å². The monoisotopic (exact) mass is 309 g/mol. The number of aliphatic hydroxyl groups is 1. The minimum atomic E-state index is -0.412. The van der Waals surface area contributed by atoms with Crippen molar-refractivity contribution in [3.05, 3.63) is 11.3 Å². The van der Waals surface area contributed by atoms with Crippen molar-refractivity contribution in [1.82, 2.24) is 0 Å². The predicted octanol–water partition coefficient (Wildman–Crippen LogP) is 3.38. The lowest BCUT2D eigenvalue weighted by atomic mass is 9.73. The van der Waals surface area contributed by atoms with Gasteiger partial charge in [0, 0.05) is 12.8 Å². The Morgan fingerprint density at radius 3 is 2.36 bits per heavy atom. The number of allylic oxidation sites excluding steroid dienone is 2. The number of nitrogens with zero attached hydrogens (tertiary/aromatic N) is 1. The quantitative estimate of drug-likeness (QED) is 0.492. The minimum absolute atomic E-state index is 0.0469. The lowest BCUT2D eigenvalue weighted by Crippen LogP contribution is -2.34. The largest absolute Gasteiger partial charge is 0.511 e. The summed E-state index contributed by atoms with van der Waals surface area (Å²) in [5.74, 6) is -0.583. The fourth-order valence-electron chi connectivity index (χ4n) is 2.56. The van der Waals surface area contributed by atoms with E-state index >= 15 is 0 Å². The second kappa shape index (κ2) is 6.63. The number of esters is 1. The van der Waals surface area contributed by atoms with Gasteiger partial charge in [0.15, 0.2) is 5.78 Å². The molecule has 0 aromatic rings. The van der Waals surface area contributed by atoms with E-state index in [0.29, 0.717) is 18.6 Å². The van der Waals surface area contributed by atoms with Gasteiger partial charge in [0.25, 0.3) is 0 Å². The van der Waals surface area contributed by atoms with Crippen molar-refractivity contribution in [3.8, 4) is 0 Å². The molecule has 1 N–H and O–H groups in total. The molecule has 0 saturated heterocycles. The molecule has 124 valence electrons. The summed E-state index contributed by atoms with van der Waals surface area (Å²) >= 11 is 0. The van der Waals surface area contributed by atoms with Crippen LogP contribution in [-0.4, -0.2) is 35.2 Å². The highest BCUT2D eigenvalue weighted by Crippen LogP contribution is 2.36. The molecular formula is C17H27NO4. The Balaban J connectivity index is 3.18. The maximum Gasteiger partial charge on any atom is 0.305 e. The molecule has 0 bridgehead atoms. The smallest absolute Gasteiger partial charge is 0.305 e. The van der Waals surface area contributed by atoms with Gasteiger partial charge in [-0.2, -0.15) is 0 Å². The van der Waals surface area contributed by atoms with Crippen LogP contribution < -0.4 is 0 Å². The molecule has 22 heavy (non-hydrogen) atoms. The maximum atomic E-state index is 12.4. The Morgan fingerprint density at radius 1 is 1.27 bits per heavy atom. The van der Waals surface area contributed by atoms with Crippen LogP contribution in [0.1, 0.15) is 60.3 Å². The third-order valence-electron chi connectivity index (χ3n) is 3.41.